The van der Waals surface area contributed by atoms with Crippen LogP contribution in [0.1, 0.15) is 15.9 Å². The lowest BCUT2D eigenvalue weighted by Gasteiger charge is -2.06. The van der Waals surface area contributed by atoms with Crippen LogP contribution in [0.25, 0.3) is 6.08 Å². The van der Waals surface area contributed by atoms with E-state index in [1.807, 2.05) is 0 Å². The molecule has 0 aliphatic heterocycles. The van der Waals surface area contributed by atoms with Crippen molar-refractivity contribution >= 4 is 45.4 Å². The Balaban J connectivity index is 1.95. The van der Waals surface area contributed by atoms with E-state index in [4.69, 9.17) is 11.6 Å². The van der Waals surface area contributed by atoms with Gasteiger partial charge in [0.15, 0.2) is 0 Å². The molecule has 23 heavy (non-hydrogen) atoms. The van der Waals surface area contributed by atoms with Gasteiger partial charge in [-0.3, -0.25) is 20.4 Å². The first-order chi connectivity index (χ1) is 11.0. The van der Waals surface area contributed by atoms with Crippen molar-refractivity contribution in [3.8, 4) is 0 Å². The van der Waals surface area contributed by atoms with Crippen molar-refractivity contribution in [3.05, 3.63) is 75.0 Å². The third kappa shape index (κ3) is 4.91. The fourth-order valence-corrected chi connectivity index (χ4v) is 2.28. The number of halogens is 3. The quantitative estimate of drug-likeness (QED) is 0.613. The molecule has 4 nitrogen and oxygen atoms in total. The molecular formula is C16H11BrClFN2O2. The number of benzene rings is 2. The minimum absolute atomic E-state index is 0.233. The molecule has 0 aromatic heterocycles. The first kappa shape index (κ1) is 17.2. The second kappa shape index (κ2) is 7.89. The molecule has 7 heteroatoms. The largest absolute Gasteiger partial charge is 0.271 e. The Labute approximate surface area is 145 Å². The second-order valence-corrected chi connectivity index (χ2v) is 5.75. The summed E-state index contributed by atoms with van der Waals surface area (Å²) in [7, 11) is 0. The van der Waals surface area contributed by atoms with Crippen LogP contribution in [0.15, 0.2) is 53.0 Å². The van der Waals surface area contributed by atoms with E-state index < -0.39 is 17.6 Å². The van der Waals surface area contributed by atoms with Crippen molar-refractivity contribution in [2.45, 2.75) is 0 Å². The van der Waals surface area contributed by atoms with Crippen LogP contribution < -0.4 is 10.9 Å². The molecule has 0 saturated heterocycles. The van der Waals surface area contributed by atoms with Crippen LogP contribution in [0.5, 0.6) is 0 Å². The highest BCUT2D eigenvalue weighted by atomic mass is 79.9. The Morgan fingerprint density at radius 3 is 2.61 bits per heavy atom. The monoisotopic (exact) mass is 396 g/mol. The van der Waals surface area contributed by atoms with Gasteiger partial charge in [0, 0.05) is 16.1 Å². The summed E-state index contributed by atoms with van der Waals surface area (Å²) < 4.78 is 14.2. The maximum absolute atomic E-state index is 13.5. The zero-order valence-electron chi connectivity index (χ0n) is 11.6. The van der Waals surface area contributed by atoms with Crippen molar-refractivity contribution in [2.75, 3.05) is 0 Å². The highest BCUT2D eigenvalue weighted by Crippen LogP contribution is 2.16. The number of rotatable bonds is 3. The van der Waals surface area contributed by atoms with Gasteiger partial charge in [-0.05, 0) is 36.4 Å². The molecular weight excluding hydrogens is 387 g/mol. The number of hydrogen-bond donors (Lipinski definition) is 2. The molecule has 0 spiro atoms. The summed E-state index contributed by atoms with van der Waals surface area (Å²) in [5.74, 6) is -1.62. The van der Waals surface area contributed by atoms with Gasteiger partial charge in [0.05, 0.1) is 10.6 Å². The van der Waals surface area contributed by atoms with Crippen LogP contribution in [-0.4, -0.2) is 11.8 Å². The smallest absolute Gasteiger partial charge is 0.268 e. The SMILES string of the molecule is O=C(/C=C/c1cc(Br)ccc1F)NNC(=O)c1ccccc1Cl. The van der Waals surface area contributed by atoms with Crippen LogP contribution in [-0.2, 0) is 4.79 Å². The van der Waals surface area contributed by atoms with E-state index in [-0.39, 0.29) is 16.1 Å². The third-order valence-electron chi connectivity index (χ3n) is 2.79. The number of hydrazine groups is 1. The van der Waals surface area contributed by atoms with Crippen molar-refractivity contribution < 1.29 is 14.0 Å². The molecule has 118 valence electrons. The van der Waals surface area contributed by atoms with Gasteiger partial charge in [-0.25, -0.2) is 4.39 Å². The number of hydrogen-bond acceptors (Lipinski definition) is 2. The summed E-state index contributed by atoms with van der Waals surface area (Å²) >= 11 is 9.09. The summed E-state index contributed by atoms with van der Waals surface area (Å²) in [6, 6.07) is 10.8. The topological polar surface area (TPSA) is 58.2 Å². The van der Waals surface area contributed by atoms with Crippen molar-refractivity contribution in [2.24, 2.45) is 0 Å². The van der Waals surface area contributed by atoms with Gasteiger partial charge < -0.3 is 0 Å². The normalized spacial score (nSPS) is 10.6. The Kier molecular flexibility index (Phi) is 5.90. The predicted molar refractivity (Wildman–Crippen MR) is 90.2 cm³/mol. The van der Waals surface area contributed by atoms with Crippen LogP contribution in [0.4, 0.5) is 4.39 Å². The number of carbonyl (C=O) groups is 2. The standard InChI is InChI=1S/C16H11BrClFN2O2/c17-11-6-7-14(19)10(9-11)5-8-15(22)20-21-16(23)12-3-1-2-4-13(12)18/h1-9H,(H,20,22)(H,21,23)/b8-5+. The lowest BCUT2D eigenvalue weighted by Crippen LogP contribution is -2.40. The molecule has 0 atom stereocenters. The molecule has 0 radical (unpaired) electrons. The maximum Gasteiger partial charge on any atom is 0.271 e. The van der Waals surface area contributed by atoms with E-state index in [9.17, 15) is 14.0 Å². The first-order valence-corrected chi connectivity index (χ1v) is 7.62. The van der Waals surface area contributed by atoms with Gasteiger partial charge in [-0.15, -0.1) is 0 Å². The van der Waals surface area contributed by atoms with Crippen molar-refractivity contribution in [3.63, 3.8) is 0 Å². The highest BCUT2D eigenvalue weighted by molar-refractivity contribution is 9.10. The fraction of sp³-hybridized carbons (Fsp3) is 0. The number of amides is 2. The van der Waals surface area contributed by atoms with E-state index in [1.54, 1.807) is 24.3 Å². The van der Waals surface area contributed by atoms with Crippen LogP contribution >= 0.6 is 27.5 Å². The fourth-order valence-electron chi connectivity index (χ4n) is 1.68. The maximum atomic E-state index is 13.5. The molecule has 0 saturated carbocycles. The van der Waals surface area contributed by atoms with E-state index >= 15 is 0 Å². The average Bonchev–Trinajstić information content (AvgIpc) is 2.54. The summed E-state index contributed by atoms with van der Waals surface area (Å²) in [5, 5.41) is 0.269. The molecule has 0 heterocycles. The molecule has 2 aromatic carbocycles. The van der Waals surface area contributed by atoms with Gasteiger partial charge in [-0.2, -0.15) is 0 Å². The van der Waals surface area contributed by atoms with Gasteiger partial charge in [0.2, 0.25) is 0 Å². The van der Waals surface area contributed by atoms with Crippen LogP contribution in [0.3, 0.4) is 0 Å². The van der Waals surface area contributed by atoms with E-state index in [0.717, 1.165) is 6.08 Å². The molecule has 0 aliphatic rings. The van der Waals surface area contributed by atoms with Gasteiger partial charge in [0.25, 0.3) is 11.8 Å². The van der Waals surface area contributed by atoms with E-state index in [1.165, 1.54) is 24.3 Å². The summed E-state index contributed by atoms with van der Waals surface area (Å²) in [4.78, 5) is 23.5. The zero-order chi connectivity index (χ0) is 16.8. The van der Waals surface area contributed by atoms with E-state index in [2.05, 4.69) is 26.8 Å². The van der Waals surface area contributed by atoms with Gasteiger partial charge >= 0.3 is 0 Å². The van der Waals surface area contributed by atoms with Gasteiger partial charge in [0.1, 0.15) is 5.82 Å². The molecule has 2 amide bonds. The Morgan fingerprint density at radius 2 is 1.87 bits per heavy atom. The predicted octanol–water partition coefficient (Wildman–Crippen LogP) is 3.72. The zero-order valence-corrected chi connectivity index (χ0v) is 14.0. The Morgan fingerprint density at radius 1 is 1.13 bits per heavy atom. The number of nitrogens with one attached hydrogen (secondary N) is 2. The second-order valence-electron chi connectivity index (χ2n) is 4.42. The highest BCUT2D eigenvalue weighted by Gasteiger charge is 2.09. The Hall–Kier alpha value is -2.18. The minimum Gasteiger partial charge on any atom is -0.268 e. The van der Waals surface area contributed by atoms with E-state index in [0.29, 0.717) is 4.47 Å². The van der Waals surface area contributed by atoms with Crippen LogP contribution in [0.2, 0.25) is 5.02 Å². The Bertz CT molecular complexity index is 780. The lowest BCUT2D eigenvalue weighted by atomic mass is 10.2. The molecule has 0 aliphatic carbocycles. The third-order valence-corrected chi connectivity index (χ3v) is 3.61. The lowest BCUT2D eigenvalue weighted by molar-refractivity contribution is -0.117. The molecule has 0 bridgehead atoms. The first-order valence-electron chi connectivity index (χ1n) is 6.45. The number of carbonyl (C=O) groups excluding carboxylic acids is 2. The summed E-state index contributed by atoms with van der Waals surface area (Å²) in [6.45, 7) is 0. The molecule has 2 aromatic rings. The summed E-state index contributed by atoms with van der Waals surface area (Å²) in [5.41, 5.74) is 4.89. The molecule has 0 fully saturated rings. The van der Waals surface area contributed by atoms with Gasteiger partial charge in [-0.1, -0.05) is 39.7 Å². The minimum atomic E-state index is -0.607. The summed E-state index contributed by atoms with van der Waals surface area (Å²) in [6.07, 6.45) is 2.41. The molecule has 2 rings (SSSR count). The van der Waals surface area contributed by atoms with Crippen molar-refractivity contribution in [1.29, 1.82) is 0 Å². The molecule has 2 N–H and O–H groups in total. The van der Waals surface area contributed by atoms with Crippen molar-refractivity contribution in [1.82, 2.24) is 10.9 Å². The van der Waals surface area contributed by atoms with Crippen LogP contribution in [0, 0.1) is 5.82 Å². The average molecular weight is 398 g/mol. The molecule has 0 unspecified atom stereocenters.